The fraction of sp³-hybridized carbons (Fsp3) is 0.379. The molecule has 40 heavy (non-hydrogen) atoms. The largest absolute Gasteiger partial charge is 0.497 e. The van der Waals surface area contributed by atoms with Gasteiger partial charge < -0.3 is 24.8 Å². The predicted molar refractivity (Wildman–Crippen MR) is 146 cm³/mol. The molecule has 1 fully saturated rings. The number of methoxy groups -OCH3 is 1. The third-order valence-corrected chi connectivity index (χ3v) is 8.13. The van der Waals surface area contributed by atoms with E-state index < -0.39 is 11.6 Å². The molecule has 3 aliphatic heterocycles. The zero-order chi connectivity index (χ0) is 28.0. The number of ether oxygens (including phenoxy) is 1. The third kappa shape index (κ3) is 4.59. The van der Waals surface area contributed by atoms with Crippen LogP contribution in [0.2, 0.25) is 0 Å². The van der Waals surface area contributed by atoms with E-state index in [9.17, 15) is 18.4 Å². The molecule has 1 atom stereocenters. The maximum atomic E-state index is 14.4. The maximum Gasteiger partial charge on any atom is 0.322 e. The van der Waals surface area contributed by atoms with Gasteiger partial charge in [0.1, 0.15) is 23.6 Å². The van der Waals surface area contributed by atoms with Crippen LogP contribution in [-0.4, -0.2) is 66.1 Å². The number of anilines is 3. The lowest BCUT2D eigenvalue weighted by Crippen LogP contribution is -2.49. The molecule has 11 heteroatoms. The van der Waals surface area contributed by atoms with E-state index in [1.165, 1.54) is 17.3 Å². The highest BCUT2D eigenvalue weighted by Crippen LogP contribution is 2.39. The molecule has 208 valence electrons. The molecule has 1 N–H and O–H groups in total. The number of benzene rings is 2. The van der Waals surface area contributed by atoms with Crippen LogP contribution in [-0.2, 0) is 6.42 Å². The summed E-state index contributed by atoms with van der Waals surface area (Å²) in [6, 6.07) is 9.79. The zero-order valence-corrected chi connectivity index (χ0v) is 22.4. The van der Waals surface area contributed by atoms with Crippen LogP contribution in [0.4, 0.5) is 30.8 Å². The number of nitrogens with one attached hydrogen (secondary N) is 1. The summed E-state index contributed by atoms with van der Waals surface area (Å²) >= 11 is 0. The molecular weight excluding hydrogens is 518 g/mol. The van der Waals surface area contributed by atoms with Gasteiger partial charge in [0, 0.05) is 55.5 Å². The second-order valence-corrected chi connectivity index (χ2v) is 10.5. The average molecular weight is 549 g/mol. The summed E-state index contributed by atoms with van der Waals surface area (Å²) < 4.78 is 33.6. The van der Waals surface area contributed by atoms with Crippen molar-refractivity contribution in [2.24, 2.45) is 0 Å². The number of piperidine rings is 1. The Balaban J connectivity index is 1.12. The van der Waals surface area contributed by atoms with Crippen molar-refractivity contribution < 1.29 is 23.1 Å². The number of carbonyl (C=O) groups is 2. The van der Waals surface area contributed by atoms with Crippen molar-refractivity contribution in [1.29, 1.82) is 0 Å². The van der Waals surface area contributed by atoms with Crippen LogP contribution in [0.15, 0.2) is 42.7 Å². The predicted octanol–water partition coefficient (Wildman–Crippen LogP) is 4.59. The standard InChI is InChI=1S/C29H30F2N6O3/c1-17-15-37(24-6-4-21(30)27(31)26(17)24)28(38)23-14-25(33-16-32-23)35-10-8-19(9-11-35)36-12-7-18-13-20(40-2)3-5-22(18)34-29(36)39/h3-6,13-14,16-17,19H,7-12,15H2,1-2H3,(H,34,39). The van der Waals surface area contributed by atoms with Gasteiger partial charge in [-0.05, 0) is 55.2 Å². The molecule has 4 heterocycles. The Morgan fingerprint density at radius 1 is 1.07 bits per heavy atom. The van der Waals surface area contributed by atoms with Crippen LogP contribution in [0.25, 0.3) is 0 Å². The number of carbonyl (C=O) groups excluding carboxylic acids is 2. The quantitative estimate of drug-likeness (QED) is 0.513. The van der Waals surface area contributed by atoms with E-state index in [0.29, 0.717) is 31.1 Å². The van der Waals surface area contributed by atoms with Crippen molar-refractivity contribution in [2.75, 3.05) is 48.4 Å². The lowest BCUT2D eigenvalue weighted by atomic mass is 10.0. The maximum absolute atomic E-state index is 14.4. The summed E-state index contributed by atoms with van der Waals surface area (Å²) in [6.45, 7) is 3.95. The highest BCUT2D eigenvalue weighted by Gasteiger charge is 2.35. The first-order valence-electron chi connectivity index (χ1n) is 13.5. The fourth-order valence-corrected chi connectivity index (χ4v) is 6.00. The molecule has 2 aromatic carbocycles. The Morgan fingerprint density at radius 3 is 2.65 bits per heavy atom. The molecule has 0 radical (unpaired) electrons. The number of rotatable bonds is 4. The fourth-order valence-electron chi connectivity index (χ4n) is 6.00. The summed E-state index contributed by atoms with van der Waals surface area (Å²) in [5.41, 5.74) is 2.63. The van der Waals surface area contributed by atoms with Crippen molar-refractivity contribution in [3.05, 3.63) is 71.2 Å². The second kappa shape index (κ2) is 10.4. The van der Waals surface area contributed by atoms with E-state index in [0.717, 1.165) is 42.3 Å². The summed E-state index contributed by atoms with van der Waals surface area (Å²) in [5, 5.41) is 3.04. The van der Waals surface area contributed by atoms with Crippen molar-refractivity contribution in [3.8, 4) is 5.75 Å². The van der Waals surface area contributed by atoms with Crippen LogP contribution in [0.3, 0.4) is 0 Å². The number of fused-ring (bicyclic) bond motifs is 2. The number of halogens is 2. The van der Waals surface area contributed by atoms with Gasteiger partial charge in [-0.25, -0.2) is 23.5 Å². The van der Waals surface area contributed by atoms with E-state index in [1.807, 2.05) is 23.1 Å². The molecule has 0 aliphatic carbocycles. The minimum absolute atomic E-state index is 0.0771. The molecule has 3 amide bonds. The monoisotopic (exact) mass is 548 g/mol. The molecule has 1 aromatic heterocycles. The summed E-state index contributed by atoms with van der Waals surface area (Å²) in [7, 11) is 1.63. The van der Waals surface area contributed by atoms with E-state index in [-0.39, 0.29) is 41.7 Å². The minimum atomic E-state index is -0.921. The normalized spacial score (nSPS) is 19.1. The Morgan fingerprint density at radius 2 is 1.88 bits per heavy atom. The van der Waals surface area contributed by atoms with Crippen molar-refractivity contribution >= 4 is 29.1 Å². The number of amides is 3. The van der Waals surface area contributed by atoms with Gasteiger partial charge in [-0.15, -0.1) is 0 Å². The van der Waals surface area contributed by atoms with Crippen molar-refractivity contribution in [1.82, 2.24) is 14.9 Å². The molecule has 1 unspecified atom stereocenters. The van der Waals surface area contributed by atoms with Gasteiger partial charge in [0.15, 0.2) is 11.6 Å². The topological polar surface area (TPSA) is 90.9 Å². The summed E-state index contributed by atoms with van der Waals surface area (Å²) in [4.78, 5) is 40.5. The number of aromatic nitrogens is 2. The lowest BCUT2D eigenvalue weighted by Gasteiger charge is -2.38. The average Bonchev–Trinajstić information content (AvgIpc) is 3.22. The first kappa shape index (κ1) is 26.0. The van der Waals surface area contributed by atoms with Gasteiger partial charge in [-0.3, -0.25) is 4.79 Å². The van der Waals surface area contributed by atoms with Gasteiger partial charge >= 0.3 is 6.03 Å². The van der Waals surface area contributed by atoms with E-state index in [4.69, 9.17) is 4.74 Å². The molecule has 0 spiro atoms. The van der Waals surface area contributed by atoms with Gasteiger partial charge in [-0.1, -0.05) is 6.92 Å². The molecule has 6 rings (SSSR count). The van der Waals surface area contributed by atoms with Gasteiger partial charge in [-0.2, -0.15) is 0 Å². The molecule has 9 nitrogen and oxygen atoms in total. The molecule has 1 saturated heterocycles. The van der Waals surface area contributed by atoms with Crippen molar-refractivity contribution in [3.63, 3.8) is 0 Å². The first-order chi connectivity index (χ1) is 19.3. The Kier molecular flexibility index (Phi) is 6.73. The van der Waals surface area contributed by atoms with Gasteiger partial charge in [0.2, 0.25) is 0 Å². The second-order valence-electron chi connectivity index (χ2n) is 10.5. The minimum Gasteiger partial charge on any atom is -0.497 e. The molecule has 0 saturated carbocycles. The van der Waals surface area contributed by atoms with E-state index in [2.05, 4.69) is 20.2 Å². The van der Waals surface area contributed by atoms with E-state index in [1.54, 1.807) is 20.1 Å². The van der Waals surface area contributed by atoms with Gasteiger partial charge in [0.25, 0.3) is 5.91 Å². The smallest absolute Gasteiger partial charge is 0.322 e. The Labute approximate surface area is 230 Å². The summed E-state index contributed by atoms with van der Waals surface area (Å²) in [6.07, 6.45) is 3.59. The molecular formula is C29H30F2N6O3. The lowest BCUT2D eigenvalue weighted by molar-refractivity contribution is 0.0983. The van der Waals surface area contributed by atoms with E-state index >= 15 is 0 Å². The van der Waals surface area contributed by atoms with Crippen LogP contribution in [0, 0.1) is 11.6 Å². The highest BCUT2D eigenvalue weighted by molar-refractivity contribution is 6.06. The molecule has 3 aromatic rings. The van der Waals surface area contributed by atoms with Crippen molar-refractivity contribution in [2.45, 2.75) is 38.1 Å². The van der Waals surface area contributed by atoms with Gasteiger partial charge in [0.05, 0.1) is 12.8 Å². The Bertz CT molecular complexity index is 1480. The van der Waals surface area contributed by atoms with Crippen LogP contribution >= 0.6 is 0 Å². The molecule has 3 aliphatic rings. The Hall–Kier alpha value is -4.28. The number of hydrogen-bond donors (Lipinski definition) is 1. The third-order valence-electron chi connectivity index (χ3n) is 8.13. The highest BCUT2D eigenvalue weighted by atomic mass is 19.2. The van der Waals surface area contributed by atoms with Crippen LogP contribution < -0.4 is 19.9 Å². The first-order valence-corrected chi connectivity index (χ1v) is 13.5. The SMILES string of the molecule is COc1ccc2c(c1)CCN(C1CCN(c3cc(C(=O)N4CC(C)c5c4ccc(F)c5F)ncn3)CC1)C(=O)N2. The zero-order valence-electron chi connectivity index (χ0n) is 22.4. The van der Waals surface area contributed by atoms with Crippen LogP contribution in [0.5, 0.6) is 5.75 Å². The number of nitrogens with zero attached hydrogens (tertiary/aromatic N) is 5. The summed E-state index contributed by atoms with van der Waals surface area (Å²) in [5.74, 6) is -1.16. The number of hydrogen-bond acceptors (Lipinski definition) is 6. The van der Waals surface area contributed by atoms with Crippen LogP contribution in [0.1, 0.15) is 47.3 Å². The molecule has 0 bridgehead atoms. The number of urea groups is 1.